The zero-order chi connectivity index (χ0) is 27.9. The van der Waals surface area contributed by atoms with Gasteiger partial charge in [0, 0.05) is 43.1 Å². The second kappa shape index (κ2) is 13.5. The molecular weight excluding hydrogens is 528 g/mol. The fraction of sp³-hybridized carbons (Fsp3) is 0.500. The Morgan fingerprint density at radius 3 is 2.55 bits per heavy atom. The number of rotatable bonds is 10. The summed E-state index contributed by atoms with van der Waals surface area (Å²) in [6.45, 7) is 2.68. The third kappa shape index (κ3) is 7.56. The van der Waals surface area contributed by atoms with Crippen molar-refractivity contribution in [2.45, 2.75) is 63.7 Å². The van der Waals surface area contributed by atoms with Crippen molar-refractivity contribution >= 4 is 34.3 Å². The van der Waals surface area contributed by atoms with E-state index in [9.17, 15) is 14.7 Å². The molecule has 2 aromatic carbocycles. The Morgan fingerprint density at radius 2 is 1.82 bits per heavy atom. The number of carbonyl (C=O) groups excluding carboxylic acids is 2. The summed E-state index contributed by atoms with van der Waals surface area (Å²) in [5.41, 5.74) is 3.37. The molecule has 0 aromatic heterocycles. The monoisotopic (exact) mass is 566 g/mol. The van der Waals surface area contributed by atoms with Crippen LogP contribution in [-0.4, -0.2) is 76.6 Å². The SMILES string of the molecule is COc1ccc(C2=NN(Cc3ccc(NC(=O)CCN4CCC(O)CC4)cc3)C(=O)SC2)cc1OC1CCCC1. The van der Waals surface area contributed by atoms with Gasteiger partial charge < -0.3 is 24.8 Å². The molecule has 2 amide bonds. The summed E-state index contributed by atoms with van der Waals surface area (Å²) in [5.74, 6) is 1.88. The van der Waals surface area contributed by atoms with Crippen LogP contribution < -0.4 is 14.8 Å². The molecule has 0 atom stereocenters. The molecule has 40 heavy (non-hydrogen) atoms. The summed E-state index contributed by atoms with van der Waals surface area (Å²) in [5, 5.41) is 18.7. The minimum absolute atomic E-state index is 0.0357. The van der Waals surface area contributed by atoms with Crippen molar-refractivity contribution in [3.8, 4) is 11.5 Å². The molecule has 5 rings (SSSR count). The maximum atomic E-state index is 12.7. The van der Waals surface area contributed by atoms with E-state index in [1.807, 2.05) is 42.5 Å². The third-order valence-corrected chi connectivity index (χ3v) is 8.53. The van der Waals surface area contributed by atoms with Gasteiger partial charge in [0.05, 0.1) is 31.6 Å². The highest BCUT2D eigenvalue weighted by Crippen LogP contribution is 2.33. The van der Waals surface area contributed by atoms with Crippen molar-refractivity contribution in [3.05, 3.63) is 53.6 Å². The molecule has 0 unspecified atom stereocenters. The molecule has 1 saturated carbocycles. The van der Waals surface area contributed by atoms with Crippen LogP contribution in [0.1, 0.15) is 56.1 Å². The number of hydrazone groups is 1. The highest BCUT2D eigenvalue weighted by atomic mass is 32.2. The Morgan fingerprint density at radius 1 is 1.07 bits per heavy atom. The molecule has 2 fully saturated rings. The van der Waals surface area contributed by atoms with E-state index in [2.05, 4.69) is 10.2 Å². The Kier molecular flexibility index (Phi) is 9.62. The van der Waals surface area contributed by atoms with Gasteiger partial charge in [-0.3, -0.25) is 9.59 Å². The quantitative estimate of drug-likeness (QED) is 0.423. The second-order valence-corrected chi connectivity index (χ2v) is 11.5. The van der Waals surface area contributed by atoms with Gasteiger partial charge in [-0.1, -0.05) is 23.9 Å². The van der Waals surface area contributed by atoms with Gasteiger partial charge in [-0.05, 0) is 74.4 Å². The van der Waals surface area contributed by atoms with Crippen molar-refractivity contribution in [2.24, 2.45) is 5.10 Å². The van der Waals surface area contributed by atoms with Crippen molar-refractivity contribution < 1.29 is 24.2 Å². The van der Waals surface area contributed by atoms with Crippen LogP contribution in [0.3, 0.4) is 0 Å². The van der Waals surface area contributed by atoms with E-state index >= 15 is 0 Å². The van der Waals surface area contributed by atoms with Gasteiger partial charge >= 0.3 is 5.24 Å². The number of thioether (sulfide) groups is 1. The highest BCUT2D eigenvalue weighted by molar-refractivity contribution is 8.14. The number of piperidine rings is 1. The van der Waals surface area contributed by atoms with Crippen molar-refractivity contribution in [3.63, 3.8) is 0 Å². The van der Waals surface area contributed by atoms with Crippen LogP contribution >= 0.6 is 11.8 Å². The van der Waals surface area contributed by atoms with Crippen LogP contribution in [-0.2, 0) is 11.3 Å². The number of hydrogen-bond donors (Lipinski definition) is 2. The molecule has 3 aliphatic rings. The van der Waals surface area contributed by atoms with E-state index < -0.39 is 0 Å². The summed E-state index contributed by atoms with van der Waals surface area (Å²) in [4.78, 5) is 27.3. The number of hydrogen-bond acceptors (Lipinski definition) is 8. The molecule has 0 radical (unpaired) electrons. The lowest BCUT2D eigenvalue weighted by molar-refractivity contribution is -0.116. The van der Waals surface area contributed by atoms with Crippen LogP contribution in [0.4, 0.5) is 10.5 Å². The zero-order valence-electron chi connectivity index (χ0n) is 23.0. The van der Waals surface area contributed by atoms with Gasteiger partial charge in [0.15, 0.2) is 11.5 Å². The Balaban J connectivity index is 1.18. The van der Waals surface area contributed by atoms with Crippen LogP contribution in [0.15, 0.2) is 47.6 Å². The molecule has 10 heteroatoms. The number of aliphatic hydroxyl groups excluding tert-OH is 1. The van der Waals surface area contributed by atoms with Crippen LogP contribution in [0.25, 0.3) is 0 Å². The van der Waals surface area contributed by atoms with E-state index in [0.717, 1.165) is 67.0 Å². The molecule has 1 aliphatic carbocycles. The summed E-state index contributed by atoms with van der Waals surface area (Å²) in [6.07, 6.45) is 6.42. The van der Waals surface area contributed by atoms with Gasteiger partial charge in [0.1, 0.15) is 0 Å². The minimum atomic E-state index is -0.212. The van der Waals surface area contributed by atoms with Crippen molar-refractivity contribution in [2.75, 3.05) is 37.8 Å². The van der Waals surface area contributed by atoms with Crippen LogP contribution in [0.2, 0.25) is 0 Å². The first kappa shape index (κ1) is 28.4. The zero-order valence-corrected chi connectivity index (χ0v) is 23.8. The lowest BCUT2D eigenvalue weighted by atomic mass is 10.1. The first-order valence-corrected chi connectivity index (χ1v) is 15.1. The molecule has 2 N–H and O–H groups in total. The van der Waals surface area contributed by atoms with Gasteiger partial charge in [0.2, 0.25) is 5.91 Å². The molecule has 1 saturated heterocycles. The second-order valence-electron chi connectivity index (χ2n) is 10.6. The van der Waals surface area contributed by atoms with Crippen molar-refractivity contribution in [1.29, 1.82) is 0 Å². The first-order chi connectivity index (χ1) is 19.5. The van der Waals surface area contributed by atoms with Gasteiger partial charge in [0.25, 0.3) is 0 Å². The fourth-order valence-electron chi connectivity index (χ4n) is 5.29. The first-order valence-electron chi connectivity index (χ1n) is 14.1. The van der Waals surface area contributed by atoms with Crippen molar-refractivity contribution in [1.82, 2.24) is 9.91 Å². The molecule has 0 spiro atoms. The molecule has 2 aromatic rings. The van der Waals surface area contributed by atoms with Crippen LogP contribution in [0.5, 0.6) is 11.5 Å². The summed E-state index contributed by atoms with van der Waals surface area (Å²) < 4.78 is 11.8. The Hall–Kier alpha value is -3.08. The predicted octanol–water partition coefficient (Wildman–Crippen LogP) is 4.88. The predicted molar refractivity (Wildman–Crippen MR) is 157 cm³/mol. The third-order valence-electron chi connectivity index (χ3n) is 7.66. The number of ether oxygens (including phenoxy) is 2. The Labute approximate surface area is 239 Å². The lowest BCUT2D eigenvalue weighted by Crippen LogP contribution is -2.37. The van der Waals surface area contributed by atoms with Gasteiger partial charge in [-0.25, -0.2) is 5.01 Å². The number of likely N-dealkylation sites (tertiary alicyclic amines) is 1. The molecule has 2 aliphatic heterocycles. The molecule has 0 bridgehead atoms. The summed E-state index contributed by atoms with van der Waals surface area (Å²) >= 11 is 1.24. The number of nitrogens with one attached hydrogen (secondary N) is 1. The normalized spacial score (nSPS) is 19.0. The largest absolute Gasteiger partial charge is 0.493 e. The number of aliphatic hydroxyl groups is 1. The fourth-order valence-corrected chi connectivity index (χ4v) is 6.03. The van der Waals surface area contributed by atoms with E-state index in [4.69, 9.17) is 14.6 Å². The van der Waals surface area contributed by atoms with E-state index in [1.54, 1.807) is 7.11 Å². The minimum Gasteiger partial charge on any atom is -0.493 e. The highest BCUT2D eigenvalue weighted by Gasteiger charge is 2.24. The van der Waals surface area contributed by atoms with E-state index in [-0.39, 0.29) is 23.4 Å². The number of amides is 2. The van der Waals surface area contributed by atoms with E-state index in [0.29, 0.717) is 31.0 Å². The van der Waals surface area contributed by atoms with Crippen LogP contribution in [0, 0.1) is 0 Å². The summed E-state index contributed by atoms with van der Waals surface area (Å²) in [6, 6.07) is 13.3. The number of anilines is 1. The lowest BCUT2D eigenvalue weighted by Gasteiger charge is -2.29. The average Bonchev–Trinajstić information content (AvgIpc) is 3.48. The number of methoxy groups -OCH3 is 1. The number of carbonyl (C=O) groups is 2. The number of benzene rings is 2. The smallest absolute Gasteiger partial charge is 0.302 e. The topological polar surface area (TPSA) is 104 Å². The maximum absolute atomic E-state index is 12.7. The standard InChI is InChI=1S/C30H38N4O5S/c1-38-27-11-8-22(18-28(27)39-25-4-2-3-5-25)26-20-40-30(37)34(32-26)19-21-6-9-23(10-7-21)31-29(36)14-17-33-15-12-24(35)13-16-33/h6-11,18,24-25,35H,2-5,12-17,19-20H2,1H3,(H,31,36). The Bertz CT molecular complexity index is 1210. The van der Waals surface area contributed by atoms with Gasteiger partial charge in [-0.2, -0.15) is 5.10 Å². The molecular formula is C30H38N4O5S. The number of nitrogens with zero attached hydrogens (tertiary/aromatic N) is 3. The maximum Gasteiger partial charge on any atom is 0.302 e. The summed E-state index contributed by atoms with van der Waals surface area (Å²) in [7, 11) is 1.64. The molecule has 9 nitrogen and oxygen atoms in total. The molecule has 2 heterocycles. The average molecular weight is 567 g/mol. The van der Waals surface area contributed by atoms with Gasteiger partial charge in [-0.15, -0.1) is 0 Å². The molecule has 214 valence electrons. The van der Waals surface area contributed by atoms with E-state index in [1.165, 1.54) is 29.6 Å².